The van der Waals surface area contributed by atoms with Crippen molar-refractivity contribution in [1.82, 2.24) is 15.3 Å². The number of thiophene rings is 1. The first kappa shape index (κ1) is 19.4. The van der Waals surface area contributed by atoms with E-state index >= 15 is 0 Å². The van der Waals surface area contributed by atoms with Gasteiger partial charge in [-0.2, -0.15) is 0 Å². The second kappa shape index (κ2) is 8.63. The number of nitrogens with zero attached hydrogens (tertiary/aromatic N) is 1. The Bertz CT molecular complexity index is 1190. The van der Waals surface area contributed by atoms with Gasteiger partial charge >= 0.3 is 0 Å². The molecule has 0 aliphatic heterocycles. The Hall–Kier alpha value is -2.90. The molecular formula is C22H19N3O2S2. The molecule has 29 heavy (non-hydrogen) atoms. The van der Waals surface area contributed by atoms with Gasteiger partial charge in [0.05, 0.1) is 17.2 Å². The van der Waals surface area contributed by atoms with Crippen LogP contribution in [0.15, 0.2) is 76.0 Å². The lowest BCUT2D eigenvalue weighted by molar-refractivity contribution is -0.119. The van der Waals surface area contributed by atoms with E-state index in [1.165, 1.54) is 23.1 Å². The summed E-state index contributed by atoms with van der Waals surface area (Å²) in [5.41, 5.74) is 2.73. The summed E-state index contributed by atoms with van der Waals surface area (Å²) in [6.07, 6.45) is 0. The average Bonchev–Trinajstić information content (AvgIpc) is 3.18. The summed E-state index contributed by atoms with van der Waals surface area (Å²) in [6.45, 7) is 1.95. The summed E-state index contributed by atoms with van der Waals surface area (Å²) in [6, 6.07) is 19.5. The molecule has 146 valence electrons. The van der Waals surface area contributed by atoms with E-state index in [9.17, 15) is 9.59 Å². The molecule has 0 aliphatic rings. The highest BCUT2D eigenvalue weighted by Crippen LogP contribution is 2.31. The van der Waals surface area contributed by atoms with Gasteiger partial charge in [0.2, 0.25) is 5.91 Å². The van der Waals surface area contributed by atoms with E-state index in [2.05, 4.69) is 15.3 Å². The van der Waals surface area contributed by atoms with Crippen molar-refractivity contribution >= 4 is 39.2 Å². The number of benzene rings is 2. The maximum atomic E-state index is 12.7. The zero-order valence-electron chi connectivity index (χ0n) is 15.7. The van der Waals surface area contributed by atoms with Crippen LogP contribution < -0.4 is 10.9 Å². The van der Waals surface area contributed by atoms with Crippen LogP contribution in [0, 0.1) is 0 Å². The third kappa shape index (κ3) is 4.41. The molecule has 4 rings (SSSR count). The first-order chi connectivity index (χ1) is 14.1. The lowest BCUT2D eigenvalue weighted by Crippen LogP contribution is -2.28. The minimum Gasteiger partial charge on any atom is -0.349 e. The molecule has 0 aliphatic carbocycles. The van der Waals surface area contributed by atoms with Crippen LogP contribution in [0.2, 0.25) is 0 Å². The Kier molecular flexibility index (Phi) is 5.78. The number of hydrogen-bond donors (Lipinski definition) is 2. The number of rotatable bonds is 6. The summed E-state index contributed by atoms with van der Waals surface area (Å²) < 4.78 is 0. The van der Waals surface area contributed by atoms with Gasteiger partial charge in [0, 0.05) is 10.9 Å². The molecule has 0 bridgehead atoms. The number of amides is 1. The second-order valence-corrected chi connectivity index (χ2v) is 8.38. The third-order valence-electron chi connectivity index (χ3n) is 4.52. The topological polar surface area (TPSA) is 74.8 Å². The van der Waals surface area contributed by atoms with Crippen molar-refractivity contribution in [1.29, 1.82) is 0 Å². The van der Waals surface area contributed by atoms with Gasteiger partial charge in [-0.05, 0) is 18.1 Å². The molecule has 0 radical (unpaired) electrons. The van der Waals surface area contributed by atoms with Crippen molar-refractivity contribution < 1.29 is 4.79 Å². The number of fused-ring (bicyclic) bond motifs is 1. The molecule has 0 spiro atoms. The highest BCUT2D eigenvalue weighted by molar-refractivity contribution is 7.99. The van der Waals surface area contributed by atoms with Gasteiger partial charge < -0.3 is 10.3 Å². The molecule has 4 aromatic rings. The predicted molar refractivity (Wildman–Crippen MR) is 119 cm³/mol. The van der Waals surface area contributed by atoms with Crippen LogP contribution in [0.4, 0.5) is 0 Å². The number of nitrogens with one attached hydrogen (secondary N) is 2. The van der Waals surface area contributed by atoms with Crippen LogP contribution in [0.1, 0.15) is 18.5 Å². The highest BCUT2D eigenvalue weighted by Gasteiger charge is 2.14. The Morgan fingerprint density at radius 3 is 2.55 bits per heavy atom. The number of hydrogen-bond acceptors (Lipinski definition) is 5. The SMILES string of the molecule is CC(NC(=O)CSc1nc2scc(-c3ccccc3)c2c(=O)[nH]1)c1ccccc1. The van der Waals surface area contributed by atoms with Crippen LogP contribution in [-0.2, 0) is 4.79 Å². The van der Waals surface area contributed by atoms with Crippen LogP contribution in [0.3, 0.4) is 0 Å². The maximum absolute atomic E-state index is 12.7. The Morgan fingerprint density at radius 1 is 1.14 bits per heavy atom. The molecule has 7 heteroatoms. The Balaban J connectivity index is 1.46. The summed E-state index contributed by atoms with van der Waals surface area (Å²) in [4.78, 5) is 33.0. The summed E-state index contributed by atoms with van der Waals surface area (Å²) in [7, 11) is 0. The largest absolute Gasteiger partial charge is 0.349 e. The van der Waals surface area contributed by atoms with E-state index in [4.69, 9.17) is 0 Å². The van der Waals surface area contributed by atoms with Gasteiger partial charge in [0.1, 0.15) is 4.83 Å². The van der Waals surface area contributed by atoms with E-state index in [1.807, 2.05) is 73.0 Å². The average molecular weight is 422 g/mol. The lowest BCUT2D eigenvalue weighted by atomic mass is 10.1. The van der Waals surface area contributed by atoms with E-state index in [0.717, 1.165) is 16.7 Å². The van der Waals surface area contributed by atoms with Crippen molar-refractivity contribution in [2.45, 2.75) is 18.1 Å². The molecule has 2 heterocycles. The number of aromatic nitrogens is 2. The fourth-order valence-corrected chi connectivity index (χ4v) is 4.75. The van der Waals surface area contributed by atoms with Gasteiger partial charge in [-0.1, -0.05) is 72.4 Å². The monoisotopic (exact) mass is 421 g/mol. The zero-order chi connectivity index (χ0) is 20.2. The molecule has 0 fully saturated rings. The molecule has 5 nitrogen and oxygen atoms in total. The van der Waals surface area contributed by atoms with Crippen LogP contribution in [0.25, 0.3) is 21.3 Å². The van der Waals surface area contributed by atoms with Crippen LogP contribution in [-0.4, -0.2) is 21.6 Å². The summed E-state index contributed by atoms with van der Waals surface area (Å²) in [5.74, 6) is 0.0768. The number of carbonyl (C=O) groups excluding carboxylic acids is 1. The standard InChI is InChI=1S/C22H19N3O2S2/c1-14(15-8-4-2-5-9-15)23-18(26)13-29-22-24-20(27)19-17(12-28-21(19)25-22)16-10-6-3-7-11-16/h2-12,14H,13H2,1H3,(H,23,26)(H,24,25,27). The second-order valence-electron chi connectivity index (χ2n) is 6.56. The Morgan fingerprint density at radius 2 is 1.83 bits per heavy atom. The molecular weight excluding hydrogens is 402 g/mol. The summed E-state index contributed by atoms with van der Waals surface area (Å²) in [5, 5.41) is 5.96. The molecule has 2 N–H and O–H groups in total. The molecule has 1 amide bonds. The van der Waals surface area contributed by atoms with Gasteiger partial charge in [-0.25, -0.2) is 4.98 Å². The van der Waals surface area contributed by atoms with E-state index in [1.54, 1.807) is 0 Å². The molecule has 1 unspecified atom stereocenters. The smallest absolute Gasteiger partial charge is 0.260 e. The van der Waals surface area contributed by atoms with E-state index in [-0.39, 0.29) is 23.3 Å². The maximum Gasteiger partial charge on any atom is 0.260 e. The fraction of sp³-hybridized carbons (Fsp3) is 0.136. The quantitative estimate of drug-likeness (QED) is 0.352. The van der Waals surface area contributed by atoms with Gasteiger partial charge in [-0.15, -0.1) is 11.3 Å². The van der Waals surface area contributed by atoms with E-state index in [0.29, 0.717) is 15.4 Å². The normalized spacial score (nSPS) is 12.0. The highest BCUT2D eigenvalue weighted by atomic mass is 32.2. The molecule has 2 aromatic carbocycles. The van der Waals surface area contributed by atoms with Crippen LogP contribution in [0.5, 0.6) is 0 Å². The third-order valence-corrected chi connectivity index (χ3v) is 6.27. The molecule has 0 saturated carbocycles. The number of H-pyrrole nitrogens is 1. The van der Waals surface area contributed by atoms with Gasteiger partial charge in [-0.3, -0.25) is 9.59 Å². The van der Waals surface area contributed by atoms with Crippen molar-refractivity contribution in [3.8, 4) is 11.1 Å². The minimum absolute atomic E-state index is 0.0792. The first-order valence-corrected chi connectivity index (χ1v) is 11.0. The lowest BCUT2D eigenvalue weighted by Gasteiger charge is -2.13. The summed E-state index contributed by atoms with van der Waals surface area (Å²) >= 11 is 2.66. The number of aromatic amines is 1. The number of thioether (sulfide) groups is 1. The predicted octanol–water partition coefficient (Wildman–Crippen LogP) is 4.62. The fourth-order valence-electron chi connectivity index (χ4n) is 3.07. The van der Waals surface area contributed by atoms with Crippen molar-refractivity contribution in [2.75, 3.05) is 5.75 Å². The molecule has 2 aromatic heterocycles. The zero-order valence-corrected chi connectivity index (χ0v) is 17.3. The van der Waals surface area contributed by atoms with Crippen molar-refractivity contribution in [2.24, 2.45) is 0 Å². The van der Waals surface area contributed by atoms with E-state index < -0.39 is 0 Å². The van der Waals surface area contributed by atoms with Crippen molar-refractivity contribution in [3.63, 3.8) is 0 Å². The molecule has 1 atom stereocenters. The Labute approximate surface area is 176 Å². The van der Waals surface area contributed by atoms with Gasteiger partial charge in [0.15, 0.2) is 5.16 Å². The minimum atomic E-state index is -0.185. The van der Waals surface area contributed by atoms with Crippen LogP contribution >= 0.6 is 23.1 Å². The first-order valence-electron chi connectivity index (χ1n) is 9.16. The number of carbonyl (C=O) groups is 1. The van der Waals surface area contributed by atoms with Gasteiger partial charge in [0.25, 0.3) is 5.56 Å². The molecule has 0 saturated heterocycles. The van der Waals surface area contributed by atoms with Crippen molar-refractivity contribution in [3.05, 3.63) is 82.0 Å².